The fraction of sp³-hybridized carbons (Fsp3) is 0.294. The Morgan fingerprint density at radius 1 is 1.23 bits per heavy atom. The van der Waals surface area contributed by atoms with Gasteiger partial charge in [-0.3, -0.25) is 10.1 Å². The van der Waals surface area contributed by atoms with Crippen LogP contribution in [0.5, 0.6) is 5.88 Å². The number of aromatic nitrogens is 4. The molecule has 0 bridgehead atoms. The molecule has 2 heterocycles. The molecule has 0 amide bonds. The van der Waals surface area contributed by atoms with Crippen LogP contribution in [0.4, 0.5) is 11.6 Å². The molecule has 12 nitrogen and oxygen atoms in total. The van der Waals surface area contributed by atoms with Gasteiger partial charge in [0.2, 0.25) is 5.88 Å². The molecule has 0 spiro atoms. The minimum absolute atomic E-state index is 0.00694. The first-order valence-electron chi connectivity index (χ1n) is 8.72. The van der Waals surface area contributed by atoms with Crippen LogP contribution in [0.3, 0.4) is 0 Å². The SMILES string of the molecule is CC(C)Oc1nc(/N=C/N(C)C)nc2c1ncn2S(=O)(=O)c1ccc([N+](=O)[O-])cc1. The van der Waals surface area contributed by atoms with Gasteiger partial charge in [-0.1, -0.05) is 0 Å². The van der Waals surface area contributed by atoms with Gasteiger partial charge in [0, 0.05) is 26.2 Å². The molecular formula is C17H19N7O5S. The number of hydrogen-bond acceptors (Lipinski definition) is 9. The topological polar surface area (TPSA) is 146 Å². The minimum atomic E-state index is -4.13. The van der Waals surface area contributed by atoms with Crippen LogP contribution < -0.4 is 4.74 Å². The van der Waals surface area contributed by atoms with Crippen LogP contribution in [0.1, 0.15) is 13.8 Å². The van der Waals surface area contributed by atoms with Crippen molar-refractivity contribution in [3.05, 3.63) is 40.7 Å². The van der Waals surface area contributed by atoms with Crippen molar-refractivity contribution in [1.82, 2.24) is 23.8 Å². The second kappa shape index (κ2) is 8.02. The molecular weight excluding hydrogens is 414 g/mol. The summed E-state index contributed by atoms with van der Waals surface area (Å²) in [5.41, 5.74) is -0.0948. The van der Waals surface area contributed by atoms with Gasteiger partial charge in [0.25, 0.3) is 21.7 Å². The smallest absolute Gasteiger partial charge is 0.270 e. The third kappa shape index (κ3) is 4.20. The Balaban J connectivity index is 2.17. The number of non-ortho nitro benzene ring substituents is 1. The highest BCUT2D eigenvalue weighted by Crippen LogP contribution is 2.28. The van der Waals surface area contributed by atoms with Gasteiger partial charge in [-0.05, 0) is 26.0 Å². The summed E-state index contributed by atoms with van der Waals surface area (Å²) in [5.74, 6) is 0.0889. The van der Waals surface area contributed by atoms with E-state index in [2.05, 4.69) is 19.9 Å². The Labute approximate surface area is 172 Å². The van der Waals surface area contributed by atoms with Gasteiger partial charge < -0.3 is 9.64 Å². The third-order valence-electron chi connectivity index (χ3n) is 3.68. The van der Waals surface area contributed by atoms with Gasteiger partial charge in [0.15, 0.2) is 11.2 Å². The van der Waals surface area contributed by atoms with E-state index >= 15 is 0 Å². The number of nitro benzene ring substituents is 1. The molecule has 13 heteroatoms. The lowest BCUT2D eigenvalue weighted by atomic mass is 10.3. The summed E-state index contributed by atoms with van der Waals surface area (Å²) in [6.07, 6.45) is 2.30. The van der Waals surface area contributed by atoms with Crippen molar-refractivity contribution in [2.75, 3.05) is 14.1 Å². The molecule has 0 saturated carbocycles. The monoisotopic (exact) mass is 433 g/mol. The second-order valence-corrected chi connectivity index (χ2v) is 8.49. The van der Waals surface area contributed by atoms with E-state index in [0.29, 0.717) is 0 Å². The Morgan fingerprint density at radius 2 is 1.90 bits per heavy atom. The molecule has 0 fully saturated rings. The van der Waals surface area contributed by atoms with Crippen LogP contribution in [-0.4, -0.2) is 63.7 Å². The normalized spacial score (nSPS) is 12.0. The average molecular weight is 433 g/mol. The first kappa shape index (κ1) is 21.1. The summed E-state index contributed by atoms with van der Waals surface area (Å²) in [6, 6.07) is 4.52. The van der Waals surface area contributed by atoms with E-state index < -0.39 is 14.9 Å². The van der Waals surface area contributed by atoms with Crippen LogP contribution in [0.2, 0.25) is 0 Å². The van der Waals surface area contributed by atoms with Crippen LogP contribution in [-0.2, 0) is 10.0 Å². The number of rotatable bonds is 7. The summed E-state index contributed by atoms with van der Waals surface area (Å²) < 4.78 is 32.7. The van der Waals surface area contributed by atoms with Crippen molar-refractivity contribution in [3.8, 4) is 5.88 Å². The van der Waals surface area contributed by atoms with Crippen molar-refractivity contribution >= 4 is 39.2 Å². The van der Waals surface area contributed by atoms with Crippen LogP contribution in [0.25, 0.3) is 11.2 Å². The molecule has 0 aliphatic carbocycles. The lowest BCUT2D eigenvalue weighted by molar-refractivity contribution is -0.384. The molecule has 0 atom stereocenters. The fourth-order valence-electron chi connectivity index (χ4n) is 2.40. The zero-order valence-corrected chi connectivity index (χ0v) is 17.4. The molecule has 3 rings (SSSR count). The van der Waals surface area contributed by atoms with E-state index in [0.717, 1.165) is 34.6 Å². The van der Waals surface area contributed by atoms with Crippen LogP contribution >= 0.6 is 0 Å². The van der Waals surface area contributed by atoms with E-state index in [1.165, 1.54) is 6.34 Å². The van der Waals surface area contributed by atoms with Gasteiger partial charge >= 0.3 is 0 Å². The number of nitrogens with zero attached hydrogens (tertiary/aromatic N) is 7. The van der Waals surface area contributed by atoms with Gasteiger partial charge in [-0.15, -0.1) is 0 Å². The quantitative estimate of drug-likeness (QED) is 0.236. The second-order valence-electron chi connectivity index (χ2n) is 6.67. The van der Waals surface area contributed by atoms with Crippen LogP contribution in [0, 0.1) is 10.1 Å². The molecule has 158 valence electrons. The lowest BCUT2D eigenvalue weighted by Gasteiger charge is -2.10. The van der Waals surface area contributed by atoms with Crippen molar-refractivity contribution < 1.29 is 18.1 Å². The van der Waals surface area contributed by atoms with Gasteiger partial charge in [0.1, 0.15) is 6.33 Å². The van der Waals surface area contributed by atoms with Gasteiger partial charge in [-0.25, -0.2) is 22.4 Å². The van der Waals surface area contributed by atoms with E-state index in [1.807, 2.05) is 0 Å². The number of nitro groups is 1. The van der Waals surface area contributed by atoms with E-state index in [-0.39, 0.29) is 39.7 Å². The molecule has 2 aromatic heterocycles. The summed E-state index contributed by atoms with van der Waals surface area (Å²) >= 11 is 0. The molecule has 0 aliphatic heterocycles. The highest BCUT2D eigenvalue weighted by molar-refractivity contribution is 7.90. The minimum Gasteiger partial charge on any atom is -0.473 e. The maximum Gasteiger partial charge on any atom is 0.270 e. The Hall–Kier alpha value is -3.61. The number of aliphatic imine (C=N–C) groups is 1. The summed E-state index contributed by atoms with van der Waals surface area (Å²) in [6.45, 7) is 3.59. The Kier molecular flexibility index (Phi) is 5.64. The molecule has 0 saturated heterocycles. The van der Waals surface area contributed by atoms with Gasteiger partial charge in [-0.2, -0.15) is 9.97 Å². The number of hydrogen-bond donors (Lipinski definition) is 0. The molecule has 3 aromatic rings. The summed E-state index contributed by atoms with van der Waals surface area (Å²) in [5, 5.41) is 10.8. The highest BCUT2D eigenvalue weighted by Gasteiger charge is 2.24. The first-order valence-corrected chi connectivity index (χ1v) is 10.2. The van der Waals surface area contributed by atoms with Crippen molar-refractivity contribution in [3.63, 3.8) is 0 Å². The van der Waals surface area contributed by atoms with Crippen molar-refractivity contribution in [2.45, 2.75) is 24.8 Å². The third-order valence-corrected chi connectivity index (χ3v) is 5.33. The predicted octanol–water partition coefficient (Wildman–Crippen LogP) is 1.98. The highest BCUT2D eigenvalue weighted by atomic mass is 32.2. The zero-order chi connectivity index (χ0) is 22.1. The standard InChI is InChI=1S/C17H19N7O5S/c1-11(2)29-16-14-15(20-17(21-16)19-9-22(3)4)23(10-18-14)30(27,28)13-7-5-12(6-8-13)24(25)26/h5-11H,1-4H3/b19-9+. The Morgan fingerprint density at radius 3 is 2.47 bits per heavy atom. The number of benzene rings is 1. The first-order chi connectivity index (χ1) is 14.1. The summed E-state index contributed by atoms with van der Waals surface area (Å²) in [7, 11) is -0.613. The zero-order valence-electron chi connectivity index (χ0n) is 16.6. The summed E-state index contributed by atoms with van der Waals surface area (Å²) in [4.78, 5) is 28.4. The lowest BCUT2D eigenvalue weighted by Crippen LogP contribution is -2.13. The fourth-order valence-corrected chi connectivity index (χ4v) is 3.64. The largest absolute Gasteiger partial charge is 0.473 e. The molecule has 0 unspecified atom stereocenters. The van der Waals surface area contributed by atoms with E-state index in [1.54, 1.807) is 32.8 Å². The predicted molar refractivity (Wildman–Crippen MR) is 109 cm³/mol. The molecule has 30 heavy (non-hydrogen) atoms. The maximum absolute atomic E-state index is 13.1. The molecule has 0 aliphatic rings. The Bertz CT molecular complexity index is 1220. The van der Waals surface area contributed by atoms with Crippen LogP contribution in [0.15, 0.2) is 40.5 Å². The number of ether oxygens (including phenoxy) is 1. The molecule has 1 aromatic carbocycles. The van der Waals surface area contributed by atoms with Gasteiger partial charge in [0.05, 0.1) is 22.3 Å². The number of imidazole rings is 1. The number of fused-ring (bicyclic) bond motifs is 1. The van der Waals surface area contributed by atoms with E-state index in [4.69, 9.17) is 4.74 Å². The molecule has 0 radical (unpaired) electrons. The maximum atomic E-state index is 13.1. The van der Waals surface area contributed by atoms with Crippen molar-refractivity contribution in [1.29, 1.82) is 0 Å². The van der Waals surface area contributed by atoms with Crippen molar-refractivity contribution in [2.24, 2.45) is 4.99 Å². The van der Waals surface area contributed by atoms with E-state index in [9.17, 15) is 18.5 Å². The molecule has 0 N–H and O–H groups in total. The average Bonchev–Trinajstić information content (AvgIpc) is 3.11.